The van der Waals surface area contributed by atoms with E-state index in [1.807, 2.05) is 24.3 Å². The number of Topliss-reactive ketones (excluding diaryl/α,β-unsaturated/α-hetero) is 1. The van der Waals surface area contributed by atoms with Crippen LogP contribution in [0, 0.1) is 0 Å². The van der Waals surface area contributed by atoms with Gasteiger partial charge >= 0.3 is 0 Å². The summed E-state index contributed by atoms with van der Waals surface area (Å²) in [5.41, 5.74) is 3.09. The van der Waals surface area contributed by atoms with Gasteiger partial charge in [-0.1, -0.05) is 35.9 Å². The SMILES string of the molecule is CC(=O)c1ccc(CN2CCN(CC=C(C)C)[C@H]3CS(=O)(=O)C[C@H]32)cc1. The Bertz CT molecular complexity index is 795. The summed E-state index contributed by atoms with van der Waals surface area (Å²) in [6.45, 7) is 9.00. The topological polar surface area (TPSA) is 57.7 Å². The summed E-state index contributed by atoms with van der Waals surface area (Å²) in [5.74, 6) is 0.564. The third-order valence-corrected chi connectivity index (χ3v) is 7.08. The third-order valence-electron chi connectivity index (χ3n) is 5.39. The first-order valence-corrected chi connectivity index (χ1v) is 11.0. The molecule has 0 unspecified atom stereocenters. The lowest BCUT2D eigenvalue weighted by Gasteiger charge is -2.43. The number of ketones is 1. The molecule has 2 fully saturated rings. The molecule has 1 aromatic rings. The summed E-state index contributed by atoms with van der Waals surface area (Å²) in [6, 6.07) is 7.78. The zero-order valence-electron chi connectivity index (χ0n) is 15.8. The molecule has 1 aromatic carbocycles. The van der Waals surface area contributed by atoms with Crippen LogP contribution in [0.25, 0.3) is 0 Å². The maximum Gasteiger partial charge on any atom is 0.159 e. The van der Waals surface area contributed by atoms with Crippen molar-refractivity contribution in [2.45, 2.75) is 39.4 Å². The molecular formula is C20H28N2O3S. The molecule has 0 bridgehead atoms. The lowest BCUT2D eigenvalue weighted by Crippen LogP contribution is -2.58. The number of nitrogens with zero attached hydrogens (tertiary/aromatic N) is 2. The molecule has 142 valence electrons. The second kappa shape index (κ2) is 7.62. The van der Waals surface area contributed by atoms with Crippen LogP contribution in [0.15, 0.2) is 35.9 Å². The van der Waals surface area contributed by atoms with E-state index in [1.165, 1.54) is 5.57 Å². The average Bonchev–Trinajstić information content (AvgIpc) is 2.90. The van der Waals surface area contributed by atoms with Crippen LogP contribution in [0.5, 0.6) is 0 Å². The van der Waals surface area contributed by atoms with E-state index in [0.717, 1.165) is 31.7 Å². The van der Waals surface area contributed by atoms with Crippen LogP contribution < -0.4 is 0 Å². The number of hydrogen-bond acceptors (Lipinski definition) is 5. The van der Waals surface area contributed by atoms with Gasteiger partial charge in [-0.3, -0.25) is 14.6 Å². The molecule has 2 aliphatic rings. The molecule has 2 saturated heterocycles. The van der Waals surface area contributed by atoms with Gasteiger partial charge in [0.25, 0.3) is 0 Å². The van der Waals surface area contributed by atoms with E-state index in [0.29, 0.717) is 5.56 Å². The van der Waals surface area contributed by atoms with E-state index >= 15 is 0 Å². The first-order valence-electron chi connectivity index (χ1n) is 9.17. The largest absolute Gasteiger partial charge is 0.295 e. The van der Waals surface area contributed by atoms with Crippen molar-refractivity contribution in [2.24, 2.45) is 0 Å². The zero-order valence-corrected chi connectivity index (χ0v) is 16.6. The highest BCUT2D eigenvalue weighted by Gasteiger charge is 2.46. The van der Waals surface area contributed by atoms with E-state index in [2.05, 4.69) is 29.7 Å². The molecule has 0 aromatic heterocycles. The van der Waals surface area contributed by atoms with Gasteiger partial charge in [0, 0.05) is 43.8 Å². The number of sulfone groups is 1. The van der Waals surface area contributed by atoms with Crippen LogP contribution in [0.2, 0.25) is 0 Å². The Morgan fingerprint density at radius 3 is 2.19 bits per heavy atom. The number of carbonyl (C=O) groups excluding carboxylic acids is 1. The number of piperazine rings is 1. The van der Waals surface area contributed by atoms with Crippen molar-refractivity contribution in [3.05, 3.63) is 47.0 Å². The zero-order chi connectivity index (χ0) is 18.9. The maximum absolute atomic E-state index is 12.3. The van der Waals surface area contributed by atoms with E-state index in [9.17, 15) is 13.2 Å². The van der Waals surface area contributed by atoms with Crippen LogP contribution in [0.1, 0.15) is 36.7 Å². The summed E-state index contributed by atoms with van der Waals surface area (Å²) >= 11 is 0. The van der Waals surface area contributed by atoms with Gasteiger partial charge in [-0.25, -0.2) is 8.42 Å². The minimum atomic E-state index is -2.99. The van der Waals surface area contributed by atoms with Gasteiger partial charge in [0.1, 0.15) is 0 Å². The third kappa shape index (κ3) is 4.42. The van der Waals surface area contributed by atoms with Crippen molar-refractivity contribution < 1.29 is 13.2 Å². The normalized spacial score (nSPS) is 25.7. The highest BCUT2D eigenvalue weighted by molar-refractivity contribution is 7.91. The molecule has 6 heteroatoms. The summed E-state index contributed by atoms with van der Waals surface area (Å²) in [7, 11) is -2.99. The monoisotopic (exact) mass is 376 g/mol. The summed E-state index contributed by atoms with van der Waals surface area (Å²) < 4.78 is 24.6. The van der Waals surface area contributed by atoms with Crippen molar-refractivity contribution in [2.75, 3.05) is 31.1 Å². The minimum absolute atomic E-state index is 0.0480. The van der Waals surface area contributed by atoms with Crippen LogP contribution >= 0.6 is 0 Å². The Kier molecular flexibility index (Phi) is 5.65. The fraction of sp³-hybridized carbons (Fsp3) is 0.550. The molecule has 2 atom stereocenters. The lowest BCUT2D eigenvalue weighted by molar-refractivity contribution is 0.0478. The quantitative estimate of drug-likeness (QED) is 0.582. The van der Waals surface area contributed by atoms with E-state index < -0.39 is 9.84 Å². The molecule has 0 radical (unpaired) electrons. The number of allylic oxidation sites excluding steroid dienone is 1. The number of rotatable bonds is 5. The Labute approximate surface area is 156 Å². The van der Waals surface area contributed by atoms with Gasteiger partial charge in [0.05, 0.1) is 11.5 Å². The highest BCUT2D eigenvalue weighted by atomic mass is 32.2. The average molecular weight is 377 g/mol. The number of hydrogen-bond donors (Lipinski definition) is 0. The Hall–Kier alpha value is -1.50. The van der Waals surface area contributed by atoms with Crippen molar-refractivity contribution in [3.63, 3.8) is 0 Å². The Morgan fingerprint density at radius 1 is 1.04 bits per heavy atom. The van der Waals surface area contributed by atoms with Gasteiger partial charge in [0.15, 0.2) is 15.6 Å². The van der Waals surface area contributed by atoms with Crippen molar-refractivity contribution >= 4 is 15.6 Å². The van der Waals surface area contributed by atoms with Gasteiger partial charge in [-0.2, -0.15) is 0 Å². The van der Waals surface area contributed by atoms with Gasteiger partial charge in [0.2, 0.25) is 0 Å². The van der Waals surface area contributed by atoms with Crippen LogP contribution in [0.4, 0.5) is 0 Å². The van der Waals surface area contributed by atoms with Gasteiger partial charge in [-0.05, 0) is 26.3 Å². The lowest BCUT2D eigenvalue weighted by atomic mass is 10.0. The van der Waals surface area contributed by atoms with Crippen LogP contribution in [0.3, 0.4) is 0 Å². The smallest absolute Gasteiger partial charge is 0.159 e. The van der Waals surface area contributed by atoms with Gasteiger partial charge in [-0.15, -0.1) is 0 Å². The number of benzene rings is 1. The number of carbonyl (C=O) groups is 1. The fourth-order valence-corrected chi connectivity index (χ4v) is 5.94. The van der Waals surface area contributed by atoms with Crippen molar-refractivity contribution in [1.29, 1.82) is 0 Å². The Balaban J connectivity index is 1.75. The van der Waals surface area contributed by atoms with Crippen molar-refractivity contribution in [3.8, 4) is 0 Å². The van der Waals surface area contributed by atoms with E-state index in [4.69, 9.17) is 0 Å². The molecule has 0 amide bonds. The highest BCUT2D eigenvalue weighted by Crippen LogP contribution is 2.28. The molecule has 0 N–H and O–H groups in total. The molecule has 2 aliphatic heterocycles. The Morgan fingerprint density at radius 2 is 1.62 bits per heavy atom. The number of fused-ring (bicyclic) bond motifs is 1. The predicted octanol–water partition coefficient (Wildman–Crippen LogP) is 2.14. The standard InChI is InChI=1S/C20H28N2O3S/c1-15(2)8-9-21-10-11-22(20-14-26(24,25)13-19(20)21)12-17-4-6-18(7-5-17)16(3)23/h4-8,19-20H,9-14H2,1-3H3/t19-,20+/m0/s1. The van der Waals surface area contributed by atoms with Crippen molar-refractivity contribution in [1.82, 2.24) is 9.80 Å². The molecule has 26 heavy (non-hydrogen) atoms. The molecule has 0 saturated carbocycles. The minimum Gasteiger partial charge on any atom is -0.295 e. The summed E-state index contributed by atoms with van der Waals surface area (Å²) in [6.07, 6.45) is 2.18. The van der Waals surface area contributed by atoms with E-state index in [1.54, 1.807) is 6.92 Å². The molecular weight excluding hydrogens is 348 g/mol. The maximum atomic E-state index is 12.3. The molecule has 2 heterocycles. The molecule has 3 rings (SSSR count). The fourth-order valence-electron chi connectivity index (χ4n) is 3.90. The summed E-state index contributed by atoms with van der Waals surface area (Å²) in [5, 5.41) is 0. The predicted molar refractivity (Wildman–Crippen MR) is 104 cm³/mol. The van der Waals surface area contributed by atoms with Crippen LogP contribution in [-0.4, -0.2) is 67.2 Å². The molecule has 0 aliphatic carbocycles. The van der Waals surface area contributed by atoms with Gasteiger partial charge < -0.3 is 0 Å². The first-order chi connectivity index (χ1) is 12.2. The van der Waals surface area contributed by atoms with E-state index in [-0.39, 0.29) is 29.4 Å². The second-order valence-corrected chi connectivity index (χ2v) is 9.87. The second-order valence-electron chi connectivity index (χ2n) is 7.71. The molecule has 0 spiro atoms. The summed E-state index contributed by atoms with van der Waals surface area (Å²) in [4.78, 5) is 16.0. The first kappa shape index (κ1) is 19.3. The van der Waals surface area contributed by atoms with Crippen LogP contribution in [-0.2, 0) is 16.4 Å². The molecule has 5 nitrogen and oxygen atoms in total.